The highest BCUT2D eigenvalue weighted by Gasteiger charge is 2.12. The summed E-state index contributed by atoms with van der Waals surface area (Å²) < 4.78 is 13.6. The normalized spacial score (nSPS) is 10.3. The van der Waals surface area contributed by atoms with Crippen molar-refractivity contribution < 1.29 is 9.18 Å². The zero-order valence-corrected chi connectivity index (χ0v) is 10.8. The topological polar surface area (TPSA) is 68.0 Å². The third-order valence-corrected chi connectivity index (χ3v) is 2.83. The lowest BCUT2D eigenvalue weighted by molar-refractivity contribution is 0.100. The highest BCUT2D eigenvalue weighted by Crippen LogP contribution is 2.27. The molecule has 0 saturated carbocycles. The summed E-state index contributed by atoms with van der Waals surface area (Å²) in [7, 11) is 0. The molecule has 0 atom stereocenters. The molecule has 1 amide bonds. The average Bonchev–Trinajstić information content (AvgIpc) is 2.35. The van der Waals surface area contributed by atoms with Crippen LogP contribution in [0.5, 0.6) is 0 Å². The summed E-state index contributed by atoms with van der Waals surface area (Å²) in [6, 6.07) is 6.40. The van der Waals surface area contributed by atoms with Gasteiger partial charge in [0.2, 0.25) is 0 Å². The van der Waals surface area contributed by atoms with E-state index in [9.17, 15) is 9.18 Å². The first-order valence-corrected chi connectivity index (χ1v) is 5.84. The van der Waals surface area contributed by atoms with Gasteiger partial charge in [-0.3, -0.25) is 4.79 Å². The maximum Gasteiger partial charge on any atom is 0.250 e. The predicted octanol–water partition coefficient (Wildman–Crippen LogP) is 3.03. The summed E-state index contributed by atoms with van der Waals surface area (Å²) >= 11 is 5.72. The smallest absolute Gasteiger partial charge is 0.250 e. The van der Waals surface area contributed by atoms with E-state index in [4.69, 9.17) is 17.3 Å². The van der Waals surface area contributed by atoms with E-state index in [-0.39, 0.29) is 16.4 Å². The van der Waals surface area contributed by atoms with Crippen LogP contribution >= 0.6 is 11.6 Å². The van der Waals surface area contributed by atoms with Crippen LogP contribution in [0.15, 0.2) is 30.5 Å². The molecule has 0 saturated heterocycles. The number of aromatic nitrogens is 1. The molecule has 0 fully saturated rings. The summed E-state index contributed by atoms with van der Waals surface area (Å²) in [5.74, 6) is -1.16. The van der Waals surface area contributed by atoms with E-state index < -0.39 is 11.7 Å². The number of hydrogen-bond donors (Lipinski definition) is 2. The monoisotopic (exact) mass is 279 g/mol. The molecular formula is C13H11ClFN3O. The molecule has 0 radical (unpaired) electrons. The van der Waals surface area contributed by atoms with E-state index >= 15 is 0 Å². The van der Waals surface area contributed by atoms with Crippen LogP contribution in [0.3, 0.4) is 0 Å². The second-order valence-electron chi connectivity index (χ2n) is 3.97. The van der Waals surface area contributed by atoms with Gasteiger partial charge in [-0.2, -0.15) is 0 Å². The number of pyridine rings is 1. The van der Waals surface area contributed by atoms with Crippen molar-refractivity contribution in [3.05, 3.63) is 52.6 Å². The number of aryl methyl sites for hydroxylation is 1. The zero-order valence-electron chi connectivity index (χ0n) is 10.1. The van der Waals surface area contributed by atoms with Crippen molar-refractivity contribution in [3.8, 4) is 0 Å². The molecule has 19 heavy (non-hydrogen) atoms. The molecule has 0 aliphatic rings. The van der Waals surface area contributed by atoms with Crippen LogP contribution < -0.4 is 11.1 Å². The van der Waals surface area contributed by atoms with Gasteiger partial charge in [-0.25, -0.2) is 9.37 Å². The molecule has 98 valence electrons. The lowest BCUT2D eigenvalue weighted by Gasteiger charge is -2.13. The second-order valence-corrected chi connectivity index (χ2v) is 4.36. The first kappa shape index (κ1) is 13.3. The maximum absolute atomic E-state index is 13.6. The van der Waals surface area contributed by atoms with Crippen LogP contribution in [0.2, 0.25) is 5.15 Å². The van der Waals surface area contributed by atoms with Crippen molar-refractivity contribution in [1.29, 1.82) is 0 Å². The van der Waals surface area contributed by atoms with Gasteiger partial charge in [-0.05, 0) is 18.6 Å². The number of para-hydroxylation sites is 1. The minimum atomic E-state index is -0.591. The number of nitrogens with zero attached hydrogens (tertiary/aromatic N) is 1. The Labute approximate surface area is 114 Å². The Balaban J connectivity index is 2.49. The molecule has 2 rings (SSSR count). The third kappa shape index (κ3) is 2.82. The van der Waals surface area contributed by atoms with Crippen molar-refractivity contribution in [1.82, 2.24) is 4.98 Å². The number of nitrogens with one attached hydrogen (secondary N) is 1. The standard InChI is InChI=1S/C13H11ClFN3O/c1-7-3-2-4-8(13(16)19)12(7)18-10-5-11(14)17-6-9(10)15/h2-6H,1H3,(H2,16,19)(H,17,18). The number of primary amides is 1. The van der Waals surface area contributed by atoms with Gasteiger partial charge >= 0.3 is 0 Å². The fourth-order valence-corrected chi connectivity index (χ4v) is 1.84. The van der Waals surface area contributed by atoms with Gasteiger partial charge in [0.25, 0.3) is 5.91 Å². The van der Waals surface area contributed by atoms with Gasteiger partial charge in [0.05, 0.1) is 23.1 Å². The third-order valence-electron chi connectivity index (χ3n) is 2.62. The summed E-state index contributed by atoms with van der Waals surface area (Å²) in [6.07, 6.45) is 1.01. The Bertz CT molecular complexity index is 646. The number of carbonyl (C=O) groups is 1. The predicted molar refractivity (Wildman–Crippen MR) is 72.2 cm³/mol. The Hall–Kier alpha value is -2.14. The molecule has 6 heteroatoms. The number of carbonyl (C=O) groups excluding carboxylic acids is 1. The van der Waals surface area contributed by atoms with E-state index in [1.807, 2.05) is 0 Å². The molecule has 0 spiro atoms. The Morgan fingerprint density at radius 3 is 2.89 bits per heavy atom. The lowest BCUT2D eigenvalue weighted by atomic mass is 10.1. The summed E-state index contributed by atoms with van der Waals surface area (Å²) in [5.41, 5.74) is 6.94. The average molecular weight is 280 g/mol. The molecule has 0 bridgehead atoms. The molecule has 3 N–H and O–H groups in total. The molecule has 0 unspecified atom stereocenters. The fraction of sp³-hybridized carbons (Fsp3) is 0.0769. The molecule has 1 aromatic heterocycles. The molecular weight excluding hydrogens is 269 g/mol. The SMILES string of the molecule is Cc1cccc(C(N)=O)c1Nc1cc(Cl)ncc1F. The van der Waals surface area contributed by atoms with Crippen LogP contribution in [0.25, 0.3) is 0 Å². The number of nitrogens with two attached hydrogens (primary N) is 1. The van der Waals surface area contributed by atoms with Crippen molar-refractivity contribution in [2.75, 3.05) is 5.32 Å². The van der Waals surface area contributed by atoms with Gasteiger partial charge in [-0.15, -0.1) is 0 Å². The minimum absolute atomic E-state index is 0.136. The Morgan fingerprint density at radius 2 is 2.21 bits per heavy atom. The molecule has 0 aliphatic carbocycles. The van der Waals surface area contributed by atoms with Gasteiger partial charge < -0.3 is 11.1 Å². The summed E-state index contributed by atoms with van der Waals surface area (Å²) in [4.78, 5) is 15.0. The van der Waals surface area contributed by atoms with Crippen molar-refractivity contribution >= 4 is 28.9 Å². The number of amides is 1. The molecule has 0 aliphatic heterocycles. The number of rotatable bonds is 3. The Morgan fingerprint density at radius 1 is 1.47 bits per heavy atom. The van der Waals surface area contributed by atoms with Crippen molar-refractivity contribution in [2.24, 2.45) is 5.73 Å². The number of halogens is 2. The van der Waals surface area contributed by atoms with Gasteiger partial charge in [0, 0.05) is 6.07 Å². The summed E-state index contributed by atoms with van der Waals surface area (Å²) in [6.45, 7) is 1.79. The van der Waals surface area contributed by atoms with E-state index in [1.165, 1.54) is 6.07 Å². The summed E-state index contributed by atoms with van der Waals surface area (Å²) in [5, 5.41) is 2.98. The zero-order chi connectivity index (χ0) is 14.0. The largest absolute Gasteiger partial charge is 0.366 e. The van der Waals surface area contributed by atoms with E-state index in [2.05, 4.69) is 10.3 Å². The van der Waals surface area contributed by atoms with Crippen LogP contribution in [0.1, 0.15) is 15.9 Å². The van der Waals surface area contributed by atoms with Crippen LogP contribution in [0.4, 0.5) is 15.8 Å². The minimum Gasteiger partial charge on any atom is -0.366 e. The number of anilines is 2. The van der Waals surface area contributed by atoms with Gasteiger partial charge in [-0.1, -0.05) is 23.7 Å². The quantitative estimate of drug-likeness (QED) is 0.849. The molecule has 2 aromatic rings. The van der Waals surface area contributed by atoms with Crippen LogP contribution in [0, 0.1) is 12.7 Å². The first-order chi connectivity index (χ1) is 8.99. The van der Waals surface area contributed by atoms with Crippen LogP contribution in [-0.2, 0) is 0 Å². The highest BCUT2D eigenvalue weighted by molar-refractivity contribution is 6.29. The van der Waals surface area contributed by atoms with Gasteiger partial charge in [0.1, 0.15) is 5.15 Å². The number of benzene rings is 1. The van der Waals surface area contributed by atoms with E-state index in [1.54, 1.807) is 25.1 Å². The van der Waals surface area contributed by atoms with Gasteiger partial charge in [0.15, 0.2) is 5.82 Å². The first-order valence-electron chi connectivity index (χ1n) is 5.46. The number of hydrogen-bond acceptors (Lipinski definition) is 3. The molecule has 1 aromatic carbocycles. The highest BCUT2D eigenvalue weighted by atomic mass is 35.5. The van der Waals surface area contributed by atoms with E-state index in [0.29, 0.717) is 5.69 Å². The Kier molecular flexibility index (Phi) is 3.66. The second kappa shape index (κ2) is 5.24. The van der Waals surface area contributed by atoms with Crippen molar-refractivity contribution in [2.45, 2.75) is 6.92 Å². The fourth-order valence-electron chi connectivity index (χ4n) is 1.68. The molecule has 4 nitrogen and oxygen atoms in total. The lowest BCUT2D eigenvalue weighted by Crippen LogP contribution is -2.14. The van der Waals surface area contributed by atoms with Crippen molar-refractivity contribution in [3.63, 3.8) is 0 Å². The van der Waals surface area contributed by atoms with Crippen LogP contribution in [-0.4, -0.2) is 10.9 Å². The maximum atomic E-state index is 13.6. The molecule has 1 heterocycles. The van der Waals surface area contributed by atoms with E-state index in [0.717, 1.165) is 11.8 Å².